The highest BCUT2D eigenvalue weighted by molar-refractivity contribution is 5.81. The summed E-state index contributed by atoms with van der Waals surface area (Å²) in [5.74, 6) is 0.156. The van der Waals surface area contributed by atoms with E-state index in [9.17, 15) is 4.79 Å². The molecular weight excluding hydrogens is 226 g/mol. The Balaban J connectivity index is 2.46. The minimum Gasteiger partial charge on any atom is -0.355 e. The van der Waals surface area contributed by atoms with Crippen molar-refractivity contribution in [3.8, 4) is 0 Å². The molecule has 1 unspecified atom stereocenters. The minimum absolute atomic E-state index is 0.0477. The molecule has 0 aliphatic heterocycles. The topological polar surface area (TPSA) is 58.4 Å². The Labute approximate surface area is 111 Å². The number of hydrogen-bond acceptors (Lipinski definition) is 3. The van der Waals surface area contributed by atoms with Gasteiger partial charge in [0.25, 0.3) is 0 Å². The van der Waals surface area contributed by atoms with E-state index in [1.807, 2.05) is 6.92 Å². The lowest BCUT2D eigenvalue weighted by atomic mass is 10.1. The SMILES string of the molecule is CCCCNC(=O)C(C)N(CCN)C1CCCC1. The molecule has 0 spiro atoms. The molecule has 1 amide bonds. The van der Waals surface area contributed by atoms with E-state index in [1.165, 1.54) is 25.7 Å². The van der Waals surface area contributed by atoms with Gasteiger partial charge in [-0.2, -0.15) is 0 Å². The zero-order valence-corrected chi connectivity index (χ0v) is 12.0. The average Bonchev–Trinajstić information content (AvgIpc) is 2.89. The molecule has 1 rings (SSSR count). The molecule has 0 heterocycles. The lowest BCUT2D eigenvalue weighted by Crippen LogP contribution is -2.50. The van der Waals surface area contributed by atoms with E-state index < -0.39 is 0 Å². The molecule has 1 atom stereocenters. The van der Waals surface area contributed by atoms with Gasteiger partial charge in [0, 0.05) is 25.7 Å². The number of nitrogens with one attached hydrogen (secondary N) is 1. The van der Waals surface area contributed by atoms with Gasteiger partial charge >= 0.3 is 0 Å². The number of carbonyl (C=O) groups excluding carboxylic acids is 1. The fourth-order valence-electron chi connectivity index (χ4n) is 2.76. The summed E-state index contributed by atoms with van der Waals surface area (Å²) >= 11 is 0. The van der Waals surface area contributed by atoms with Crippen LogP contribution >= 0.6 is 0 Å². The van der Waals surface area contributed by atoms with Crippen molar-refractivity contribution in [2.45, 2.75) is 64.5 Å². The third-order valence-corrected chi connectivity index (χ3v) is 3.89. The maximum absolute atomic E-state index is 12.1. The second-order valence-corrected chi connectivity index (χ2v) is 5.29. The van der Waals surface area contributed by atoms with E-state index in [0.29, 0.717) is 12.6 Å². The number of amides is 1. The molecule has 1 fully saturated rings. The lowest BCUT2D eigenvalue weighted by molar-refractivity contribution is -0.126. The maximum atomic E-state index is 12.1. The van der Waals surface area contributed by atoms with E-state index in [-0.39, 0.29) is 11.9 Å². The Morgan fingerprint density at radius 3 is 2.67 bits per heavy atom. The van der Waals surface area contributed by atoms with Crippen molar-refractivity contribution >= 4 is 5.91 Å². The Kier molecular flexibility index (Phi) is 7.28. The third-order valence-electron chi connectivity index (χ3n) is 3.89. The van der Waals surface area contributed by atoms with E-state index in [2.05, 4.69) is 17.1 Å². The molecule has 0 bridgehead atoms. The van der Waals surface area contributed by atoms with Crippen LogP contribution in [0.25, 0.3) is 0 Å². The van der Waals surface area contributed by atoms with Gasteiger partial charge in [0.05, 0.1) is 6.04 Å². The Morgan fingerprint density at radius 1 is 1.44 bits per heavy atom. The Morgan fingerprint density at radius 2 is 2.11 bits per heavy atom. The summed E-state index contributed by atoms with van der Waals surface area (Å²) in [4.78, 5) is 14.4. The first-order chi connectivity index (χ1) is 8.70. The second-order valence-electron chi connectivity index (χ2n) is 5.29. The van der Waals surface area contributed by atoms with Gasteiger partial charge in [0.2, 0.25) is 5.91 Å². The van der Waals surface area contributed by atoms with Crippen LogP contribution in [0.1, 0.15) is 52.4 Å². The smallest absolute Gasteiger partial charge is 0.237 e. The van der Waals surface area contributed by atoms with Crippen molar-refractivity contribution < 1.29 is 4.79 Å². The number of unbranched alkanes of at least 4 members (excludes halogenated alkanes) is 1. The van der Waals surface area contributed by atoms with Crippen LogP contribution in [-0.4, -0.2) is 42.5 Å². The molecule has 1 aliphatic rings. The monoisotopic (exact) mass is 255 g/mol. The molecule has 18 heavy (non-hydrogen) atoms. The summed E-state index contributed by atoms with van der Waals surface area (Å²) in [6.07, 6.45) is 7.17. The maximum Gasteiger partial charge on any atom is 0.237 e. The highest BCUT2D eigenvalue weighted by Crippen LogP contribution is 2.24. The highest BCUT2D eigenvalue weighted by Gasteiger charge is 2.29. The van der Waals surface area contributed by atoms with Crippen LogP contribution in [0.15, 0.2) is 0 Å². The third kappa shape index (κ3) is 4.58. The molecule has 3 N–H and O–H groups in total. The molecular formula is C14H29N3O. The van der Waals surface area contributed by atoms with Crippen LogP contribution < -0.4 is 11.1 Å². The van der Waals surface area contributed by atoms with Gasteiger partial charge in [-0.25, -0.2) is 0 Å². The summed E-state index contributed by atoms with van der Waals surface area (Å²) in [7, 11) is 0. The van der Waals surface area contributed by atoms with Crippen LogP contribution in [0.2, 0.25) is 0 Å². The van der Waals surface area contributed by atoms with Gasteiger partial charge < -0.3 is 11.1 Å². The van der Waals surface area contributed by atoms with Gasteiger partial charge in [0.1, 0.15) is 0 Å². The molecule has 1 saturated carbocycles. The fraction of sp³-hybridized carbons (Fsp3) is 0.929. The predicted molar refractivity (Wildman–Crippen MR) is 75.4 cm³/mol. The van der Waals surface area contributed by atoms with Crippen LogP contribution in [0.4, 0.5) is 0 Å². The highest BCUT2D eigenvalue weighted by atomic mass is 16.2. The molecule has 1 aliphatic carbocycles. The number of rotatable bonds is 8. The molecule has 0 radical (unpaired) electrons. The standard InChI is InChI=1S/C14H29N3O/c1-3-4-10-16-14(18)12(2)17(11-9-15)13-7-5-6-8-13/h12-13H,3-11,15H2,1-2H3,(H,16,18). The van der Waals surface area contributed by atoms with Crippen LogP contribution in [-0.2, 0) is 4.79 Å². The normalized spacial score (nSPS) is 18.2. The molecule has 0 aromatic carbocycles. The molecule has 0 saturated heterocycles. The minimum atomic E-state index is -0.0477. The zero-order valence-electron chi connectivity index (χ0n) is 12.0. The zero-order chi connectivity index (χ0) is 13.4. The van der Waals surface area contributed by atoms with Crippen molar-refractivity contribution in [3.05, 3.63) is 0 Å². The summed E-state index contributed by atoms with van der Waals surface area (Å²) in [5.41, 5.74) is 5.68. The van der Waals surface area contributed by atoms with Crippen LogP contribution in [0, 0.1) is 0 Å². The van der Waals surface area contributed by atoms with Gasteiger partial charge in [-0.15, -0.1) is 0 Å². The molecule has 0 aromatic rings. The second kappa shape index (κ2) is 8.48. The average molecular weight is 255 g/mol. The van der Waals surface area contributed by atoms with Crippen molar-refractivity contribution in [1.82, 2.24) is 10.2 Å². The quantitative estimate of drug-likeness (QED) is 0.646. The first-order valence-electron chi connectivity index (χ1n) is 7.44. The molecule has 4 heteroatoms. The van der Waals surface area contributed by atoms with Crippen molar-refractivity contribution in [2.75, 3.05) is 19.6 Å². The predicted octanol–water partition coefficient (Wildman–Crippen LogP) is 1.49. The Hall–Kier alpha value is -0.610. The summed E-state index contributed by atoms with van der Waals surface area (Å²) in [6, 6.07) is 0.508. The van der Waals surface area contributed by atoms with Crippen LogP contribution in [0.3, 0.4) is 0 Å². The first-order valence-corrected chi connectivity index (χ1v) is 7.44. The van der Waals surface area contributed by atoms with Gasteiger partial charge in [-0.1, -0.05) is 26.2 Å². The summed E-state index contributed by atoms with van der Waals surface area (Å²) < 4.78 is 0. The summed E-state index contributed by atoms with van der Waals surface area (Å²) in [5, 5.41) is 3.02. The summed E-state index contributed by atoms with van der Waals surface area (Å²) in [6.45, 7) is 6.39. The largest absolute Gasteiger partial charge is 0.355 e. The molecule has 106 valence electrons. The van der Waals surface area contributed by atoms with Gasteiger partial charge in [-0.05, 0) is 26.2 Å². The van der Waals surface area contributed by atoms with Crippen molar-refractivity contribution in [3.63, 3.8) is 0 Å². The van der Waals surface area contributed by atoms with E-state index in [0.717, 1.165) is 25.9 Å². The lowest BCUT2D eigenvalue weighted by Gasteiger charge is -2.33. The van der Waals surface area contributed by atoms with Gasteiger partial charge in [0.15, 0.2) is 0 Å². The number of nitrogens with zero attached hydrogens (tertiary/aromatic N) is 1. The van der Waals surface area contributed by atoms with E-state index in [1.54, 1.807) is 0 Å². The van der Waals surface area contributed by atoms with Gasteiger partial charge in [-0.3, -0.25) is 9.69 Å². The van der Waals surface area contributed by atoms with E-state index in [4.69, 9.17) is 5.73 Å². The van der Waals surface area contributed by atoms with Crippen LogP contribution in [0.5, 0.6) is 0 Å². The Bertz CT molecular complexity index is 239. The fourth-order valence-corrected chi connectivity index (χ4v) is 2.76. The van der Waals surface area contributed by atoms with Crippen molar-refractivity contribution in [2.24, 2.45) is 5.73 Å². The number of carbonyl (C=O) groups is 1. The number of hydrogen-bond donors (Lipinski definition) is 2. The van der Waals surface area contributed by atoms with E-state index >= 15 is 0 Å². The van der Waals surface area contributed by atoms with Crippen molar-refractivity contribution in [1.29, 1.82) is 0 Å². The number of nitrogens with two attached hydrogens (primary N) is 1. The molecule has 0 aromatic heterocycles. The molecule has 4 nitrogen and oxygen atoms in total. The first kappa shape index (κ1) is 15.4.